The number of aromatic amines is 1. The highest BCUT2D eigenvalue weighted by Gasteiger charge is 2.10. The fourth-order valence-electron chi connectivity index (χ4n) is 1.83. The van der Waals surface area contributed by atoms with E-state index in [4.69, 9.17) is 23.8 Å². The van der Waals surface area contributed by atoms with E-state index in [1.807, 2.05) is 34.9 Å². The van der Waals surface area contributed by atoms with Gasteiger partial charge in [-0.15, -0.1) is 0 Å². The standard InChI is InChI=1S/C12H7ClIN3S/c13-7-5-9-11(15-6-7)17(12(18)16-9)10-4-2-1-3-8(10)14/h1-6H,(H,16,18). The Bertz CT molecular complexity index is 793. The van der Waals surface area contributed by atoms with Gasteiger partial charge in [0.1, 0.15) is 0 Å². The average Bonchev–Trinajstić information content (AvgIpc) is 2.65. The number of para-hydroxylation sites is 1. The Balaban J connectivity index is 2.40. The lowest BCUT2D eigenvalue weighted by atomic mass is 10.3. The molecular weight excluding hydrogens is 381 g/mol. The molecule has 2 heterocycles. The molecule has 90 valence electrons. The summed E-state index contributed by atoms with van der Waals surface area (Å²) in [5, 5.41) is 0.591. The van der Waals surface area contributed by atoms with Gasteiger partial charge in [0.2, 0.25) is 0 Å². The average molecular weight is 388 g/mol. The van der Waals surface area contributed by atoms with Crippen molar-refractivity contribution in [1.82, 2.24) is 14.5 Å². The lowest BCUT2D eigenvalue weighted by Gasteiger charge is -2.05. The van der Waals surface area contributed by atoms with Gasteiger partial charge in [0.15, 0.2) is 10.4 Å². The molecule has 18 heavy (non-hydrogen) atoms. The third kappa shape index (κ3) is 1.96. The Kier molecular flexibility index (Phi) is 3.13. The second-order valence-electron chi connectivity index (χ2n) is 3.74. The van der Waals surface area contributed by atoms with Crippen LogP contribution in [-0.4, -0.2) is 14.5 Å². The molecule has 0 aliphatic rings. The minimum absolute atomic E-state index is 0.591. The molecule has 2 aromatic heterocycles. The second-order valence-corrected chi connectivity index (χ2v) is 5.73. The number of fused-ring (bicyclic) bond motifs is 1. The summed E-state index contributed by atoms with van der Waals surface area (Å²) >= 11 is 13.6. The predicted octanol–water partition coefficient (Wildman–Crippen LogP) is 4.34. The molecule has 0 spiro atoms. The van der Waals surface area contributed by atoms with Crippen LogP contribution in [0.4, 0.5) is 0 Å². The molecule has 0 fully saturated rings. The number of pyridine rings is 1. The molecule has 3 rings (SSSR count). The number of nitrogens with zero attached hydrogens (tertiary/aromatic N) is 2. The number of nitrogens with one attached hydrogen (secondary N) is 1. The van der Waals surface area contributed by atoms with E-state index in [1.165, 1.54) is 0 Å². The van der Waals surface area contributed by atoms with Crippen LogP contribution in [0.25, 0.3) is 16.9 Å². The molecule has 0 atom stereocenters. The number of rotatable bonds is 1. The summed E-state index contributed by atoms with van der Waals surface area (Å²) in [7, 11) is 0. The summed E-state index contributed by atoms with van der Waals surface area (Å²) in [5.41, 5.74) is 2.64. The molecule has 1 aromatic carbocycles. The van der Waals surface area contributed by atoms with Gasteiger partial charge in [-0.3, -0.25) is 4.57 Å². The fourth-order valence-corrected chi connectivity index (χ4v) is 2.91. The van der Waals surface area contributed by atoms with Crippen molar-refractivity contribution in [2.45, 2.75) is 0 Å². The highest BCUT2D eigenvalue weighted by atomic mass is 127. The van der Waals surface area contributed by atoms with Crippen LogP contribution in [0.3, 0.4) is 0 Å². The van der Waals surface area contributed by atoms with Gasteiger partial charge < -0.3 is 4.98 Å². The summed E-state index contributed by atoms with van der Waals surface area (Å²) < 4.78 is 3.65. The largest absolute Gasteiger partial charge is 0.329 e. The predicted molar refractivity (Wildman–Crippen MR) is 84.0 cm³/mol. The molecular formula is C12H7ClIN3S. The van der Waals surface area contributed by atoms with Crippen LogP contribution in [0.1, 0.15) is 0 Å². The molecule has 0 aliphatic heterocycles. The number of benzene rings is 1. The van der Waals surface area contributed by atoms with Gasteiger partial charge in [0.05, 0.1) is 16.2 Å². The summed E-state index contributed by atoms with van der Waals surface area (Å²) in [6.45, 7) is 0. The molecule has 6 heteroatoms. The van der Waals surface area contributed by atoms with Crippen LogP contribution in [0.15, 0.2) is 36.5 Å². The zero-order valence-corrected chi connectivity index (χ0v) is 12.8. The van der Waals surface area contributed by atoms with E-state index in [2.05, 4.69) is 32.6 Å². The van der Waals surface area contributed by atoms with Crippen LogP contribution in [0, 0.1) is 8.34 Å². The van der Waals surface area contributed by atoms with Crippen molar-refractivity contribution in [2.75, 3.05) is 0 Å². The minimum Gasteiger partial charge on any atom is -0.329 e. The van der Waals surface area contributed by atoms with Crippen molar-refractivity contribution in [1.29, 1.82) is 0 Å². The van der Waals surface area contributed by atoms with Crippen LogP contribution < -0.4 is 0 Å². The number of H-pyrrole nitrogens is 1. The Morgan fingerprint density at radius 1 is 1.33 bits per heavy atom. The Labute approximate surface area is 127 Å². The van der Waals surface area contributed by atoms with Gasteiger partial charge >= 0.3 is 0 Å². The van der Waals surface area contributed by atoms with Gasteiger partial charge in [-0.05, 0) is 53.0 Å². The zero-order chi connectivity index (χ0) is 12.7. The van der Waals surface area contributed by atoms with Crippen LogP contribution in [-0.2, 0) is 0 Å². The second kappa shape index (κ2) is 4.64. The Hall–Kier alpha value is -0.920. The van der Waals surface area contributed by atoms with Gasteiger partial charge in [-0.25, -0.2) is 4.98 Å². The van der Waals surface area contributed by atoms with E-state index in [1.54, 1.807) is 6.20 Å². The van der Waals surface area contributed by atoms with Crippen LogP contribution in [0.5, 0.6) is 0 Å². The smallest absolute Gasteiger partial charge is 0.184 e. The summed E-state index contributed by atoms with van der Waals surface area (Å²) in [5.74, 6) is 0. The summed E-state index contributed by atoms with van der Waals surface area (Å²) in [6.07, 6.45) is 1.62. The lowest BCUT2D eigenvalue weighted by Crippen LogP contribution is -1.97. The molecule has 0 saturated heterocycles. The van der Waals surface area contributed by atoms with Gasteiger partial charge in [-0.1, -0.05) is 23.7 Å². The Morgan fingerprint density at radius 2 is 2.11 bits per heavy atom. The van der Waals surface area contributed by atoms with E-state index in [0.717, 1.165) is 20.4 Å². The maximum Gasteiger partial charge on any atom is 0.184 e. The Morgan fingerprint density at radius 3 is 2.89 bits per heavy atom. The molecule has 0 unspecified atom stereocenters. The summed E-state index contributed by atoms with van der Waals surface area (Å²) in [6, 6.07) is 9.85. The maximum absolute atomic E-state index is 5.93. The van der Waals surface area contributed by atoms with Crippen molar-refractivity contribution in [3.05, 3.63) is 49.9 Å². The number of imidazole rings is 1. The van der Waals surface area contributed by atoms with Crippen LogP contribution >= 0.6 is 46.4 Å². The first-order valence-corrected chi connectivity index (χ1v) is 7.04. The van der Waals surface area contributed by atoms with Crippen LogP contribution in [0.2, 0.25) is 5.02 Å². The molecule has 0 bridgehead atoms. The molecule has 3 aromatic rings. The first-order chi connectivity index (χ1) is 8.66. The van der Waals surface area contributed by atoms with E-state index >= 15 is 0 Å². The number of hydrogen-bond acceptors (Lipinski definition) is 2. The topological polar surface area (TPSA) is 33.6 Å². The van der Waals surface area contributed by atoms with Crippen molar-refractivity contribution in [3.8, 4) is 5.69 Å². The first-order valence-electron chi connectivity index (χ1n) is 5.18. The third-order valence-corrected chi connectivity index (χ3v) is 3.99. The molecule has 0 amide bonds. The molecule has 0 radical (unpaired) electrons. The highest BCUT2D eigenvalue weighted by molar-refractivity contribution is 14.1. The first kappa shape index (κ1) is 12.1. The number of aromatic nitrogens is 3. The third-order valence-electron chi connectivity index (χ3n) is 2.58. The highest BCUT2D eigenvalue weighted by Crippen LogP contribution is 2.23. The fraction of sp³-hybridized carbons (Fsp3) is 0. The zero-order valence-electron chi connectivity index (χ0n) is 9.02. The molecule has 3 nitrogen and oxygen atoms in total. The minimum atomic E-state index is 0.591. The SMILES string of the molecule is S=c1[nH]c2cc(Cl)cnc2n1-c1ccccc1I. The van der Waals surface area contributed by atoms with Gasteiger partial charge in [0.25, 0.3) is 0 Å². The number of halogens is 2. The normalized spacial score (nSPS) is 11.0. The maximum atomic E-state index is 5.93. The number of hydrogen-bond donors (Lipinski definition) is 1. The quantitative estimate of drug-likeness (QED) is 0.498. The van der Waals surface area contributed by atoms with E-state index < -0.39 is 0 Å². The van der Waals surface area contributed by atoms with E-state index in [0.29, 0.717) is 9.79 Å². The van der Waals surface area contributed by atoms with E-state index in [9.17, 15) is 0 Å². The van der Waals surface area contributed by atoms with Gasteiger partial charge in [-0.2, -0.15) is 0 Å². The molecule has 0 saturated carbocycles. The van der Waals surface area contributed by atoms with Crippen molar-refractivity contribution >= 4 is 57.6 Å². The monoisotopic (exact) mass is 387 g/mol. The van der Waals surface area contributed by atoms with Crippen molar-refractivity contribution in [3.63, 3.8) is 0 Å². The van der Waals surface area contributed by atoms with Crippen molar-refractivity contribution in [2.24, 2.45) is 0 Å². The molecule has 1 N–H and O–H groups in total. The lowest BCUT2D eigenvalue weighted by molar-refractivity contribution is 1.04. The van der Waals surface area contributed by atoms with E-state index in [-0.39, 0.29) is 0 Å². The summed E-state index contributed by atoms with van der Waals surface area (Å²) in [4.78, 5) is 7.47. The molecule has 0 aliphatic carbocycles. The van der Waals surface area contributed by atoms with Crippen molar-refractivity contribution < 1.29 is 0 Å². The van der Waals surface area contributed by atoms with Gasteiger partial charge in [0, 0.05) is 9.77 Å².